The monoisotopic (exact) mass is 300 g/mol. The van der Waals surface area contributed by atoms with E-state index in [1.165, 1.54) is 0 Å². The number of H-pyrrole nitrogens is 1. The predicted octanol–water partition coefficient (Wildman–Crippen LogP) is 2.37. The van der Waals surface area contributed by atoms with Crippen LogP contribution in [0.4, 0.5) is 0 Å². The Hall–Kier alpha value is -1.88. The third-order valence-corrected chi connectivity index (χ3v) is 4.32. The van der Waals surface area contributed by atoms with Gasteiger partial charge in [0, 0.05) is 37.3 Å². The van der Waals surface area contributed by atoms with Gasteiger partial charge in [0.25, 0.3) is 5.91 Å². The molecule has 2 aromatic rings. The number of hydrogen-bond donors (Lipinski definition) is 1. The molecule has 5 nitrogen and oxygen atoms in total. The Kier molecular flexibility index (Phi) is 4.16. The highest BCUT2D eigenvalue weighted by atomic mass is 16.2. The van der Waals surface area contributed by atoms with Crippen molar-refractivity contribution in [3.05, 3.63) is 30.1 Å². The van der Waals surface area contributed by atoms with Crippen molar-refractivity contribution in [3.63, 3.8) is 0 Å². The van der Waals surface area contributed by atoms with E-state index in [4.69, 9.17) is 0 Å². The molecule has 0 spiro atoms. The first-order valence-electron chi connectivity index (χ1n) is 7.98. The van der Waals surface area contributed by atoms with Gasteiger partial charge in [0.15, 0.2) is 0 Å². The molecule has 3 heterocycles. The van der Waals surface area contributed by atoms with Gasteiger partial charge in [0.2, 0.25) is 0 Å². The van der Waals surface area contributed by atoms with Crippen LogP contribution in [0.3, 0.4) is 0 Å². The Bertz CT molecular complexity index is 661. The Morgan fingerprint density at radius 2 is 2.18 bits per heavy atom. The lowest BCUT2D eigenvalue weighted by Gasteiger charge is -2.40. The van der Waals surface area contributed by atoms with E-state index in [2.05, 4.69) is 35.8 Å². The fourth-order valence-electron chi connectivity index (χ4n) is 3.22. The molecule has 1 aliphatic rings. The molecule has 2 aromatic heterocycles. The second kappa shape index (κ2) is 6.08. The largest absolute Gasteiger partial charge is 0.346 e. The molecule has 118 valence electrons. The maximum atomic E-state index is 12.9. The first-order chi connectivity index (χ1) is 10.5. The molecule has 0 saturated carbocycles. The zero-order chi connectivity index (χ0) is 15.7. The summed E-state index contributed by atoms with van der Waals surface area (Å²) in [5, 5.41) is 1.04. The first-order valence-corrected chi connectivity index (χ1v) is 7.98. The van der Waals surface area contributed by atoms with Crippen LogP contribution in [-0.2, 0) is 0 Å². The molecule has 1 N–H and O–H groups in total. The fourth-order valence-corrected chi connectivity index (χ4v) is 3.22. The third-order valence-electron chi connectivity index (χ3n) is 4.32. The first kappa shape index (κ1) is 15.0. The molecule has 0 bridgehead atoms. The Balaban J connectivity index is 1.84. The van der Waals surface area contributed by atoms with Crippen molar-refractivity contribution < 1.29 is 4.79 Å². The van der Waals surface area contributed by atoms with Gasteiger partial charge in [0.1, 0.15) is 11.3 Å². The van der Waals surface area contributed by atoms with Crippen LogP contribution in [0.1, 0.15) is 30.8 Å². The Labute approximate surface area is 131 Å². The SMILES string of the molecule is CC(C)CC1CN(C)CCN1C(=O)c1ccc2cc[nH]c2n1. The number of aromatic nitrogens is 2. The van der Waals surface area contributed by atoms with Crippen LogP contribution in [-0.4, -0.2) is 58.4 Å². The number of fused-ring (bicyclic) bond motifs is 1. The van der Waals surface area contributed by atoms with Crippen molar-refractivity contribution in [2.45, 2.75) is 26.3 Å². The third kappa shape index (κ3) is 2.99. The average Bonchev–Trinajstić information content (AvgIpc) is 2.93. The van der Waals surface area contributed by atoms with E-state index in [0.717, 1.165) is 37.1 Å². The van der Waals surface area contributed by atoms with Crippen molar-refractivity contribution in [1.29, 1.82) is 0 Å². The number of piperazine rings is 1. The van der Waals surface area contributed by atoms with Crippen LogP contribution in [0.15, 0.2) is 24.4 Å². The van der Waals surface area contributed by atoms with Crippen molar-refractivity contribution in [2.75, 3.05) is 26.7 Å². The van der Waals surface area contributed by atoms with Crippen LogP contribution in [0.25, 0.3) is 11.0 Å². The minimum atomic E-state index is 0.0512. The van der Waals surface area contributed by atoms with Crippen LogP contribution >= 0.6 is 0 Å². The second-order valence-electron chi connectivity index (χ2n) is 6.66. The zero-order valence-electron chi connectivity index (χ0n) is 13.5. The molecule has 1 aliphatic heterocycles. The maximum absolute atomic E-state index is 12.9. The second-order valence-corrected chi connectivity index (χ2v) is 6.66. The van der Waals surface area contributed by atoms with Crippen molar-refractivity contribution in [2.24, 2.45) is 5.92 Å². The lowest BCUT2D eigenvalue weighted by atomic mass is 9.99. The molecule has 22 heavy (non-hydrogen) atoms. The molecule has 1 fully saturated rings. The number of likely N-dealkylation sites (N-methyl/N-ethyl adjacent to an activating group) is 1. The van der Waals surface area contributed by atoms with Crippen LogP contribution < -0.4 is 0 Å². The summed E-state index contributed by atoms with van der Waals surface area (Å²) >= 11 is 0. The number of pyridine rings is 1. The molecule has 0 aromatic carbocycles. The predicted molar refractivity (Wildman–Crippen MR) is 87.9 cm³/mol. The zero-order valence-corrected chi connectivity index (χ0v) is 13.5. The fraction of sp³-hybridized carbons (Fsp3) is 0.529. The number of nitrogens with one attached hydrogen (secondary N) is 1. The number of rotatable bonds is 3. The van der Waals surface area contributed by atoms with Gasteiger partial charge in [-0.2, -0.15) is 0 Å². The van der Waals surface area contributed by atoms with Gasteiger partial charge in [-0.1, -0.05) is 13.8 Å². The Morgan fingerprint density at radius 1 is 1.36 bits per heavy atom. The molecule has 5 heteroatoms. The van der Waals surface area contributed by atoms with Crippen LogP contribution in [0.2, 0.25) is 0 Å². The molecule has 1 unspecified atom stereocenters. The van der Waals surface area contributed by atoms with E-state index in [0.29, 0.717) is 11.6 Å². The summed E-state index contributed by atoms with van der Waals surface area (Å²) in [7, 11) is 2.12. The highest BCUT2D eigenvalue weighted by Gasteiger charge is 2.30. The van der Waals surface area contributed by atoms with Gasteiger partial charge in [-0.25, -0.2) is 4.98 Å². The van der Waals surface area contributed by atoms with Crippen molar-refractivity contribution in [1.82, 2.24) is 19.8 Å². The smallest absolute Gasteiger partial charge is 0.272 e. The summed E-state index contributed by atoms with van der Waals surface area (Å²) in [5.41, 5.74) is 1.31. The van der Waals surface area contributed by atoms with Crippen molar-refractivity contribution in [3.8, 4) is 0 Å². The van der Waals surface area contributed by atoms with Gasteiger partial charge in [-0.3, -0.25) is 4.79 Å². The maximum Gasteiger partial charge on any atom is 0.272 e. The summed E-state index contributed by atoms with van der Waals surface area (Å²) in [6.45, 7) is 7.05. The van der Waals surface area contributed by atoms with E-state index in [1.54, 1.807) is 0 Å². The molecule has 1 amide bonds. The minimum Gasteiger partial charge on any atom is -0.346 e. The number of hydrogen-bond acceptors (Lipinski definition) is 3. The molecule has 3 rings (SSSR count). The standard InChI is InChI=1S/C17H24N4O/c1-12(2)10-14-11-20(3)8-9-21(14)17(22)15-5-4-13-6-7-18-16(13)19-15/h4-7,12,14H,8-11H2,1-3H3,(H,18,19). The normalized spacial score (nSPS) is 20.0. The van der Waals surface area contributed by atoms with E-state index in [-0.39, 0.29) is 11.9 Å². The lowest BCUT2D eigenvalue weighted by molar-refractivity contribution is 0.0455. The summed E-state index contributed by atoms with van der Waals surface area (Å²) in [6.07, 6.45) is 2.88. The molecule has 1 atom stereocenters. The number of nitrogens with zero attached hydrogens (tertiary/aromatic N) is 3. The van der Waals surface area contributed by atoms with E-state index >= 15 is 0 Å². The highest BCUT2D eigenvalue weighted by molar-refractivity contribution is 5.94. The Morgan fingerprint density at radius 3 is 2.95 bits per heavy atom. The minimum absolute atomic E-state index is 0.0512. The number of carbonyl (C=O) groups excluding carboxylic acids is 1. The molecular weight excluding hydrogens is 276 g/mol. The quantitative estimate of drug-likeness (QED) is 0.947. The van der Waals surface area contributed by atoms with Gasteiger partial charge < -0.3 is 14.8 Å². The summed E-state index contributed by atoms with van der Waals surface area (Å²) in [4.78, 5) is 24.8. The van der Waals surface area contributed by atoms with Crippen LogP contribution in [0.5, 0.6) is 0 Å². The highest BCUT2D eigenvalue weighted by Crippen LogP contribution is 2.20. The van der Waals surface area contributed by atoms with Gasteiger partial charge in [-0.05, 0) is 37.6 Å². The average molecular weight is 300 g/mol. The number of aromatic amines is 1. The summed E-state index contributed by atoms with van der Waals surface area (Å²) in [6, 6.07) is 6.03. The number of carbonyl (C=O) groups is 1. The van der Waals surface area contributed by atoms with E-state index in [9.17, 15) is 4.79 Å². The number of amides is 1. The topological polar surface area (TPSA) is 52.2 Å². The molecule has 1 saturated heterocycles. The molecular formula is C17H24N4O. The molecule has 0 radical (unpaired) electrons. The summed E-state index contributed by atoms with van der Waals surface area (Å²) < 4.78 is 0. The van der Waals surface area contributed by atoms with Crippen molar-refractivity contribution >= 4 is 16.9 Å². The van der Waals surface area contributed by atoms with Crippen LogP contribution in [0, 0.1) is 5.92 Å². The lowest BCUT2D eigenvalue weighted by Crippen LogP contribution is -2.54. The van der Waals surface area contributed by atoms with Gasteiger partial charge in [-0.15, -0.1) is 0 Å². The van der Waals surface area contributed by atoms with Gasteiger partial charge >= 0.3 is 0 Å². The summed E-state index contributed by atoms with van der Waals surface area (Å²) in [5.74, 6) is 0.626. The molecule has 0 aliphatic carbocycles. The van der Waals surface area contributed by atoms with E-state index < -0.39 is 0 Å². The van der Waals surface area contributed by atoms with E-state index in [1.807, 2.05) is 29.3 Å². The van der Waals surface area contributed by atoms with Gasteiger partial charge in [0.05, 0.1) is 0 Å².